The number of anilines is 1. The minimum absolute atomic E-state index is 0.0906. The number of nitrogens with zero attached hydrogens (tertiary/aromatic N) is 5. The van der Waals surface area contributed by atoms with Gasteiger partial charge in [0.05, 0.1) is 0 Å². The molecule has 0 radical (unpaired) electrons. The summed E-state index contributed by atoms with van der Waals surface area (Å²) < 4.78 is 16.8. The molecule has 2 aliphatic heterocycles. The van der Waals surface area contributed by atoms with Crippen molar-refractivity contribution in [3.63, 3.8) is 0 Å². The molecule has 58 heavy (non-hydrogen) atoms. The fourth-order valence-corrected chi connectivity index (χ4v) is 6.32. The van der Waals surface area contributed by atoms with Crippen molar-refractivity contribution in [1.29, 1.82) is 0 Å². The Labute approximate surface area is 338 Å². The number of rotatable bonds is 12. The first-order chi connectivity index (χ1) is 27.0. The van der Waals surface area contributed by atoms with Crippen LogP contribution in [0.1, 0.15) is 79.0 Å². The van der Waals surface area contributed by atoms with Gasteiger partial charge in [0.1, 0.15) is 53.0 Å². The third-order valence-corrected chi connectivity index (χ3v) is 8.73. The van der Waals surface area contributed by atoms with Gasteiger partial charge in [0.2, 0.25) is 0 Å². The van der Waals surface area contributed by atoms with E-state index in [0.29, 0.717) is 17.8 Å². The number of hydrogen-bond donors (Lipinski definition) is 1. The highest BCUT2D eigenvalue weighted by Gasteiger charge is 2.34. The van der Waals surface area contributed by atoms with E-state index in [9.17, 15) is 24.0 Å². The lowest BCUT2D eigenvalue weighted by Crippen LogP contribution is -2.40. The summed E-state index contributed by atoms with van der Waals surface area (Å²) in [6, 6.07) is 13.2. The highest BCUT2D eigenvalue weighted by Crippen LogP contribution is 2.30. The molecule has 3 aromatic rings. The van der Waals surface area contributed by atoms with E-state index in [1.165, 1.54) is 22.0 Å². The number of amidine groups is 2. The molecule has 0 bridgehead atoms. The molecule has 3 heterocycles. The van der Waals surface area contributed by atoms with Crippen LogP contribution in [0.5, 0.6) is 0 Å². The standard InChI is InChI=1S/C44H52N6O8/c1-27-46-34(40(54)49(27)25-37(52)57-43(5,6)7)22-30-24-45-39-29(13-12-14-32(30)39)23-44(8,9)58-38(53)26-50-35(19-20-36(51)56-42(2,3)4)47-33(41(50)55)21-28-15-17-31(18-16-28)48(10)11/h12-22,24,45H,23,25-26H2,1-11H3/b20-19+,33-21-,34-22-. The van der Waals surface area contributed by atoms with Crippen LogP contribution in [0.25, 0.3) is 23.1 Å². The molecule has 2 amide bonds. The summed E-state index contributed by atoms with van der Waals surface area (Å²) in [6.45, 7) is 15.0. The van der Waals surface area contributed by atoms with Crippen LogP contribution in [0.3, 0.4) is 0 Å². The van der Waals surface area contributed by atoms with E-state index in [2.05, 4.69) is 15.0 Å². The minimum Gasteiger partial charge on any atom is -0.459 e. The van der Waals surface area contributed by atoms with E-state index < -0.39 is 53.1 Å². The number of carbonyl (C=O) groups excluding carboxylic acids is 5. The van der Waals surface area contributed by atoms with E-state index in [-0.39, 0.29) is 23.8 Å². The van der Waals surface area contributed by atoms with Gasteiger partial charge in [-0.25, -0.2) is 14.8 Å². The Kier molecular flexibility index (Phi) is 12.3. The highest BCUT2D eigenvalue weighted by molar-refractivity contribution is 6.19. The quantitative estimate of drug-likeness (QED) is 0.127. The Morgan fingerprint density at radius 1 is 0.776 bits per heavy atom. The van der Waals surface area contributed by atoms with Crippen LogP contribution in [0.4, 0.5) is 5.69 Å². The van der Waals surface area contributed by atoms with Crippen molar-refractivity contribution >= 4 is 70.1 Å². The van der Waals surface area contributed by atoms with E-state index >= 15 is 0 Å². The number of aliphatic imine (C=N–C) groups is 2. The molecule has 0 saturated heterocycles. The normalized spacial score (nSPS) is 16.5. The van der Waals surface area contributed by atoms with Crippen molar-refractivity contribution in [2.75, 3.05) is 32.1 Å². The average molecular weight is 793 g/mol. The number of nitrogens with one attached hydrogen (secondary N) is 1. The molecule has 0 unspecified atom stereocenters. The number of fused-ring (bicyclic) bond motifs is 1. The number of benzene rings is 2. The van der Waals surface area contributed by atoms with Gasteiger partial charge in [0.25, 0.3) is 11.8 Å². The molecule has 2 aromatic carbocycles. The molecule has 5 rings (SSSR count). The Hall–Kier alpha value is -6.31. The molecule has 1 N–H and O–H groups in total. The third kappa shape index (κ3) is 11.0. The van der Waals surface area contributed by atoms with Crippen LogP contribution >= 0.6 is 0 Å². The molecule has 0 spiro atoms. The molecule has 0 aliphatic carbocycles. The van der Waals surface area contributed by atoms with Gasteiger partial charge in [0.15, 0.2) is 0 Å². The molecule has 0 atom stereocenters. The largest absolute Gasteiger partial charge is 0.459 e. The van der Waals surface area contributed by atoms with Crippen molar-refractivity contribution in [2.45, 2.75) is 85.5 Å². The molecule has 1 aromatic heterocycles. The number of para-hydroxylation sites is 1. The summed E-state index contributed by atoms with van der Waals surface area (Å²) in [5.74, 6) is -2.29. The predicted octanol–water partition coefficient (Wildman–Crippen LogP) is 6.22. The van der Waals surface area contributed by atoms with Gasteiger partial charge in [-0.1, -0.05) is 30.3 Å². The summed E-state index contributed by atoms with van der Waals surface area (Å²) in [7, 11) is 3.86. The molecular weight excluding hydrogens is 741 g/mol. The fraction of sp³-hybridized carbons (Fsp3) is 0.386. The van der Waals surface area contributed by atoms with Crippen molar-refractivity contribution in [1.82, 2.24) is 14.8 Å². The summed E-state index contributed by atoms with van der Waals surface area (Å²) in [5.41, 5.74) is 1.87. The average Bonchev–Trinajstić information content (AvgIpc) is 3.72. The number of H-pyrrole nitrogens is 1. The lowest BCUT2D eigenvalue weighted by Gasteiger charge is -2.27. The highest BCUT2D eigenvalue weighted by atomic mass is 16.6. The lowest BCUT2D eigenvalue weighted by atomic mass is 9.96. The van der Waals surface area contributed by atoms with E-state index in [4.69, 9.17) is 14.2 Å². The van der Waals surface area contributed by atoms with Crippen molar-refractivity contribution in [2.24, 2.45) is 9.98 Å². The number of hydrogen-bond acceptors (Lipinski definition) is 11. The smallest absolute Gasteiger partial charge is 0.331 e. The van der Waals surface area contributed by atoms with Crippen LogP contribution < -0.4 is 4.90 Å². The first-order valence-corrected chi connectivity index (χ1v) is 18.9. The maximum atomic E-state index is 13.7. The van der Waals surface area contributed by atoms with E-state index in [0.717, 1.165) is 27.7 Å². The number of esters is 3. The molecular formula is C44H52N6O8. The summed E-state index contributed by atoms with van der Waals surface area (Å²) in [6.07, 6.45) is 7.88. The Morgan fingerprint density at radius 3 is 2.02 bits per heavy atom. The summed E-state index contributed by atoms with van der Waals surface area (Å²) >= 11 is 0. The predicted molar refractivity (Wildman–Crippen MR) is 224 cm³/mol. The van der Waals surface area contributed by atoms with Gasteiger partial charge in [-0.3, -0.25) is 29.0 Å². The van der Waals surface area contributed by atoms with Crippen molar-refractivity contribution in [3.8, 4) is 0 Å². The van der Waals surface area contributed by atoms with Gasteiger partial charge < -0.3 is 24.1 Å². The zero-order valence-electron chi connectivity index (χ0n) is 35.1. The van der Waals surface area contributed by atoms with Gasteiger partial charge in [-0.05, 0) is 104 Å². The van der Waals surface area contributed by atoms with Crippen LogP contribution in [-0.2, 0) is 44.6 Å². The molecule has 0 fully saturated rings. The second-order valence-electron chi connectivity index (χ2n) is 16.9. The molecule has 14 nitrogen and oxygen atoms in total. The monoisotopic (exact) mass is 792 g/mol. The zero-order valence-corrected chi connectivity index (χ0v) is 35.1. The van der Waals surface area contributed by atoms with Crippen molar-refractivity contribution in [3.05, 3.63) is 88.9 Å². The van der Waals surface area contributed by atoms with E-state index in [1.54, 1.807) is 80.7 Å². The number of aromatic amines is 1. The topological polar surface area (TPSA) is 163 Å². The second kappa shape index (κ2) is 16.7. The molecule has 0 saturated carbocycles. The Bertz CT molecular complexity index is 2280. The Morgan fingerprint density at radius 2 is 1.38 bits per heavy atom. The lowest BCUT2D eigenvalue weighted by molar-refractivity contribution is -0.158. The first kappa shape index (κ1) is 42.8. The Balaban J connectivity index is 1.31. The van der Waals surface area contributed by atoms with Gasteiger partial charge in [-0.15, -0.1) is 0 Å². The summed E-state index contributed by atoms with van der Waals surface area (Å²) in [5, 5.41) is 0.814. The van der Waals surface area contributed by atoms with Gasteiger partial charge >= 0.3 is 17.9 Å². The number of carbonyl (C=O) groups is 5. The van der Waals surface area contributed by atoms with Crippen LogP contribution in [0.2, 0.25) is 0 Å². The number of ether oxygens (including phenoxy) is 3. The van der Waals surface area contributed by atoms with Gasteiger partial charge in [0, 0.05) is 54.9 Å². The maximum absolute atomic E-state index is 13.7. The van der Waals surface area contributed by atoms with Crippen LogP contribution in [-0.4, -0.2) is 100 Å². The number of amides is 2. The molecule has 306 valence electrons. The molecule has 2 aliphatic rings. The van der Waals surface area contributed by atoms with Crippen molar-refractivity contribution < 1.29 is 38.2 Å². The first-order valence-electron chi connectivity index (χ1n) is 18.9. The number of aromatic nitrogens is 1. The fourth-order valence-electron chi connectivity index (χ4n) is 6.32. The minimum atomic E-state index is -1.03. The zero-order chi connectivity index (χ0) is 42.7. The second-order valence-corrected chi connectivity index (χ2v) is 16.9. The molecule has 14 heteroatoms. The van der Waals surface area contributed by atoms with Gasteiger partial charge in [-0.2, -0.15) is 0 Å². The van der Waals surface area contributed by atoms with E-state index in [1.807, 2.05) is 61.5 Å². The van der Waals surface area contributed by atoms with Crippen LogP contribution in [0.15, 0.2) is 82.2 Å². The third-order valence-electron chi connectivity index (χ3n) is 8.73. The maximum Gasteiger partial charge on any atom is 0.331 e. The SMILES string of the molecule is CC1=N/C(=C\c2c[nH]c3c(CC(C)(C)OC(=O)CN4C(=O)/C(=C/c5ccc(N(C)C)cc5)N=C4/C=C/C(=O)OC(C)(C)C)cccc23)C(=O)N1CC(=O)OC(C)(C)C. The summed E-state index contributed by atoms with van der Waals surface area (Å²) in [4.78, 5) is 82.1. The van der Waals surface area contributed by atoms with Crippen LogP contribution in [0, 0.1) is 0 Å².